The zero-order valence-corrected chi connectivity index (χ0v) is 20.9. The molecule has 0 aliphatic heterocycles. The Balaban J connectivity index is 0.00000122. The van der Waals surface area contributed by atoms with E-state index in [-0.39, 0.29) is 5.41 Å². The van der Waals surface area contributed by atoms with Crippen LogP contribution in [0.4, 0.5) is 0 Å². The summed E-state index contributed by atoms with van der Waals surface area (Å²) < 4.78 is 0. The molecule has 160 valence electrons. The number of rotatable bonds is 7. The first-order chi connectivity index (χ1) is 13.2. The lowest BCUT2D eigenvalue weighted by Gasteiger charge is -2.30. The third-order valence-electron chi connectivity index (χ3n) is 6.55. The maximum atomic E-state index is 3.79. The Morgan fingerprint density at radius 1 is 0.964 bits per heavy atom. The lowest BCUT2D eigenvalue weighted by Crippen LogP contribution is -2.19. The predicted molar refractivity (Wildman–Crippen MR) is 132 cm³/mol. The number of benzene rings is 1. The van der Waals surface area contributed by atoms with E-state index < -0.39 is 0 Å². The molecule has 0 radical (unpaired) electrons. The summed E-state index contributed by atoms with van der Waals surface area (Å²) in [6, 6.07) is 4.98. The van der Waals surface area contributed by atoms with E-state index in [2.05, 4.69) is 79.3 Å². The van der Waals surface area contributed by atoms with Gasteiger partial charge in [-0.2, -0.15) is 12.6 Å². The van der Waals surface area contributed by atoms with Crippen LogP contribution in [0.15, 0.2) is 23.8 Å². The maximum absolute atomic E-state index is 3.79. The average molecular weight is 403 g/mol. The zero-order chi connectivity index (χ0) is 21.3. The molecule has 0 nitrogen and oxygen atoms in total. The first-order valence-electron chi connectivity index (χ1n) is 11.6. The monoisotopic (exact) mass is 402 g/mol. The van der Waals surface area contributed by atoms with E-state index in [1.165, 1.54) is 61.6 Å². The Morgan fingerprint density at radius 2 is 1.54 bits per heavy atom. The molecule has 1 aromatic carbocycles. The molecule has 1 aliphatic carbocycles. The van der Waals surface area contributed by atoms with Crippen molar-refractivity contribution in [2.24, 2.45) is 5.92 Å². The van der Waals surface area contributed by atoms with Gasteiger partial charge in [-0.25, -0.2) is 0 Å². The van der Waals surface area contributed by atoms with Gasteiger partial charge in [0.05, 0.1) is 0 Å². The molecular formula is C27H46S. The first-order valence-corrected chi connectivity index (χ1v) is 12.2. The van der Waals surface area contributed by atoms with Gasteiger partial charge in [-0.1, -0.05) is 84.1 Å². The quantitative estimate of drug-likeness (QED) is 0.262. The van der Waals surface area contributed by atoms with Crippen molar-refractivity contribution < 1.29 is 0 Å². The Labute approximate surface area is 182 Å². The van der Waals surface area contributed by atoms with E-state index in [1.54, 1.807) is 11.1 Å². The molecule has 1 aliphatic rings. The standard InChI is InChI=1S/C25H40.C2H6S/c1-8-9-10-11-14-25(6,7)23-16-20(4)24(21(5)17-23)22-13-12-18(2)19(3)15-22;1-2-3/h15-18,22H,8-14H2,1-7H3;3H,2H2,1H3. The number of thiol groups is 1. The number of allylic oxidation sites excluding steroid dienone is 2. The zero-order valence-electron chi connectivity index (χ0n) is 20.0. The van der Waals surface area contributed by atoms with Gasteiger partial charge in [0.1, 0.15) is 0 Å². The van der Waals surface area contributed by atoms with Crippen LogP contribution in [0.3, 0.4) is 0 Å². The highest BCUT2D eigenvalue weighted by Gasteiger charge is 2.25. The van der Waals surface area contributed by atoms with Gasteiger partial charge in [0, 0.05) is 5.92 Å². The summed E-state index contributed by atoms with van der Waals surface area (Å²) in [5, 5.41) is 0. The second-order valence-corrected chi connectivity index (χ2v) is 10.2. The molecular weight excluding hydrogens is 356 g/mol. The molecule has 1 heteroatoms. The summed E-state index contributed by atoms with van der Waals surface area (Å²) in [6.07, 6.45) is 11.9. The van der Waals surface area contributed by atoms with Crippen LogP contribution in [0, 0.1) is 19.8 Å². The highest BCUT2D eigenvalue weighted by atomic mass is 32.1. The topological polar surface area (TPSA) is 0 Å². The van der Waals surface area contributed by atoms with Crippen LogP contribution in [0.5, 0.6) is 0 Å². The lowest BCUT2D eigenvalue weighted by molar-refractivity contribution is 0.445. The van der Waals surface area contributed by atoms with Crippen molar-refractivity contribution in [1.29, 1.82) is 0 Å². The van der Waals surface area contributed by atoms with E-state index in [4.69, 9.17) is 0 Å². The van der Waals surface area contributed by atoms with Gasteiger partial charge in [-0.3, -0.25) is 0 Å². The average Bonchev–Trinajstić information content (AvgIpc) is 2.62. The number of hydrogen-bond acceptors (Lipinski definition) is 1. The second-order valence-electron chi connectivity index (χ2n) is 9.53. The Hall–Kier alpha value is -0.690. The van der Waals surface area contributed by atoms with Crippen molar-refractivity contribution in [3.8, 4) is 0 Å². The van der Waals surface area contributed by atoms with E-state index in [1.807, 2.05) is 6.92 Å². The summed E-state index contributed by atoms with van der Waals surface area (Å²) in [7, 11) is 0. The second kappa shape index (κ2) is 12.1. The molecule has 2 rings (SSSR count). The van der Waals surface area contributed by atoms with Gasteiger partial charge in [0.2, 0.25) is 0 Å². The minimum absolute atomic E-state index is 0.286. The van der Waals surface area contributed by atoms with Crippen LogP contribution in [0.1, 0.15) is 115 Å². The smallest absolute Gasteiger partial charge is 0.00261 e. The first kappa shape index (κ1) is 25.3. The Bertz CT molecular complexity index is 600. The van der Waals surface area contributed by atoms with Crippen LogP contribution in [0.25, 0.3) is 0 Å². The molecule has 28 heavy (non-hydrogen) atoms. The molecule has 2 unspecified atom stereocenters. The molecule has 0 N–H and O–H groups in total. The largest absolute Gasteiger partial charge is 0.180 e. The molecule has 0 bridgehead atoms. The molecule has 0 aromatic heterocycles. The minimum atomic E-state index is 0.286. The normalized spacial score (nSPS) is 19.7. The van der Waals surface area contributed by atoms with Crippen molar-refractivity contribution in [3.05, 3.63) is 46.0 Å². The van der Waals surface area contributed by atoms with Crippen molar-refractivity contribution >= 4 is 12.6 Å². The van der Waals surface area contributed by atoms with Crippen molar-refractivity contribution in [1.82, 2.24) is 0 Å². The summed E-state index contributed by atoms with van der Waals surface area (Å²) >= 11 is 3.79. The molecule has 0 heterocycles. The summed E-state index contributed by atoms with van der Waals surface area (Å²) in [5.41, 5.74) is 7.99. The van der Waals surface area contributed by atoms with Crippen molar-refractivity contribution in [3.63, 3.8) is 0 Å². The van der Waals surface area contributed by atoms with Crippen molar-refractivity contribution in [2.75, 3.05) is 5.75 Å². The third kappa shape index (κ3) is 7.29. The molecule has 2 atom stereocenters. The third-order valence-corrected chi connectivity index (χ3v) is 6.55. The number of unbranched alkanes of at least 4 members (excludes halogenated alkanes) is 3. The summed E-state index contributed by atoms with van der Waals surface area (Å²) in [5.74, 6) is 2.33. The Kier molecular flexibility index (Phi) is 11.0. The van der Waals surface area contributed by atoms with Gasteiger partial charge < -0.3 is 0 Å². The van der Waals surface area contributed by atoms with E-state index in [0.29, 0.717) is 5.92 Å². The summed E-state index contributed by atoms with van der Waals surface area (Å²) in [6.45, 7) is 18.5. The molecule has 0 saturated carbocycles. The van der Waals surface area contributed by atoms with Gasteiger partial charge in [-0.15, -0.1) is 0 Å². The van der Waals surface area contributed by atoms with Gasteiger partial charge in [0.25, 0.3) is 0 Å². The summed E-state index contributed by atoms with van der Waals surface area (Å²) in [4.78, 5) is 0. The van der Waals surface area contributed by atoms with Gasteiger partial charge in [-0.05, 0) is 79.4 Å². The minimum Gasteiger partial charge on any atom is -0.180 e. The fraction of sp³-hybridized carbons (Fsp3) is 0.704. The number of hydrogen-bond donors (Lipinski definition) is 1. The molecule has 1 aromatic rings. The molecule has 0 spiro atoms. The molecule has 0 saturated heterocycles. The SMILES string of the molecule is CCCCCCC(C)(C)c1cc(C)c(C2C=C(C)C(C)CC2)c(C)c1.CCS. The van der Waals surface area contributed by atoms with E-state index in [0.717, 1.165) is 11.7 Å². The van der Waals surface area contributed by atoms with Gasteiger partial charge >= 0.3 is 0 Å². The maximum Gasteiger partial charge on any atom is 0.00261 e. The van der Waals surface area contributed by atoms with E-state index >= 15 is 0 Å². The number of aryl methyl sites for hydroxylation is 2. The van der Waals surface area contributed by atoms with Crippen LogP contribution in [0.2, 0.25) is 0 Å². The molecule has 0 amide bonds. The fourth-order valence-corrected chi connectivity index (χ4v) is 4.54. The highest BCUT2D eigenvalue weighted by Crippen LogP contribution is 2.39. The highest BCUT2D eigenvalue weighted by molar-refractivity contribution is 7.80. The van der Waals surface area contributed by atoms with Crippen LogP contribution in [-0.2, 0) is 5.41 Å². The van der Waals surface area contributed by atoms with Crippen LogP contribution >= 0.6 is 12.6 Å². The predicted octanol–water partition coefficient (Wildman–Crippen LogP) is 8.95. The van der Waals surface area contributed by atoms with Gasteiger partial charge in [0.15, 0.2) is 0 Å². The Morgan fingerprint density at radius 3 is 2.04 bits per heavy atom. The van der Waals surface area contributed by atoms with Crippen molar-refractivity contribution in [2.45, 2.75) is 112 Å². The fourth-order valence-electron chi connectivity index (χ4n) is 4.54. The van der Waals surface area contributed by atoms with Crippen LogP contribution in [-0.4, -0.2) is 5.75 Å². The van der Waals surface area contributed by atoms with Crippen LogP contribution < -0.4 is 0 Å². The molecule has 0 fully saturated rings. The lowest BCUT2D eigenvalue weighted by atomic mass is 9.74. The van der Waals surface area contributed by atoms with E-state index in [9.17, 15) is 0 Å².